The molecular weight excluding hydrogens is 232 g/mol. The van der Waals surface area contributed by atoms with Crippen LogP contribution in [0.2, 0.25) is 0 Å². The van der Waals surface area contributed by atoms with Crippen molar-refractivity contribution in [3.8, 4) is 0 Å². The maximum Gasteiger partial charge on any atom is 0.261 e. The van der Waals surface area contributed by atoms with Crippen molar-refractivity contribution in [1.82, 2.24) is 9.55 Å². The highest BCUT2D eigenvalue weighted by molar-refractivity contribution is 7.99. The molecule has 0 saturated heterocycles. The molecule has 0 spiro atoms. The quantitative estimate of drug-likeness (QED) is 0.619. The lowest BCUT2D eigenvalue weighted by atomic mass is 10.2. The van der Waals surface area contributed by atoms with Gasteiger partial charge in [0.15, 0.2) is 5.16 Å². The Morgan fingerprint density at radius 3 is 2.76 bits per heavy atom. The number of rotatable bonds is 3. The number of nitrogens with zero attached hydrogens (tertiary/aromatic N) is 2. The second kappa shape index (κ2) is 4.92. The number of thioether (sulfide) groups is 1. The minimum atomic E-state index is 0.0295. The number of para-hydroxylation sites is 1. The molecule has 0 saturated carbocycles. The van der Waals surface area contributed by atoms with Gasteiger partial charge in [0.05, 0.1) is 10.9 Å². The van der Waals surface area contributed by atoms with Crippen molar-refractivity contribution in [2.24, 2.45) is 13.0 Å². The van der Waals surface area contributed by atoms with Crippen molar-refractivity contribution in [2.45, 2.75) is 19.0 Å². The van der Waals surface area contributed by atoms with E-state index in [2.05, 4.69) is 18.8 Å². The molecule has 90 valence electrons. The number of benzene rings is 1. The van der Waals surface area contributed by atoms with Gasteiger partial charge in [0.2, 0.25) is 0 Å². The molecule has 0 N–H and O–H groups in total. The fourth-order valence-corrected chi connectivity index (χ4v) is 2.49. The number of aromatic nitrogens is 2. The molecule has 0 radical (unpaired) electrons. The lowest BCUT2D eigenvalue weighted by Gasteiger charge is -2.09. The molecule has 0 aliphatic heterocycles. The van der Waals surface area contributed by atoms with E-state index in [4.69, 9.17) is 0 Å². The van der Waals surface area contributed by atoms with E-state index in [1.54, 1.807) is 23.4 Å². The summed E-state index contributed by atoms with van der Waals surface area (Å²) in [5.41, 5.74) is 0.809. The fourth-order valence-electron chi connectivity index (χ4n) is 1.57. The third kappa shape index (κ3) is 2.52. The first-order valence-corrected chi connectivity index (χ1v) is 6.66. The minimum Gasteiger partial charge on any atom is -0.290 e. The van der Waals surface area contributed by atoms with Gasteiger partial charge in [0.25, 0.3) is 5.56 Å². The van der Waals surface area contributed by atoms with Crippen molar-refractivity contribution in [1.29, 1.82) is 0 Å². The highest BCUT2D eigenvalue weighted by Gasteiger charge is 2.08. The summed E-state index contributed by atoms with van der Waals surface area (Å²) < 4.78 is 1.63. The molecule has 1 heterocycles. The maximum atomic E-state index is 12.1. The van der Waals surface area contributed by atoms with Crippen LogP contribution in [0.4, 0.5) is 0 Å². The van der Waals surface area contributed by atoms with Gasteiger partial charge in [-0.1, -0.05) is 37.7 Å². The monoisotopic (exact) mass is 248 g/mol. The van der Waals surface area contributed by atoms with Gasteiger partial charge in [0, 0.05) is 12.8 Å². The number of hydrogen-bond acceptors (Lipinski definition) is 3. The number of hydrogen-bond donors (Lipinski definition) is 0. The van der Waals surface area contributed by atoms with Crippen molar-refractivity contribution in [3.63, 3.8) is 0 Å². The zero-order valence-corrected chi connectivity index (χ0v) is 11.1. The molecule has 0 aliphatic carbocycles. The molecule has 0 unspecified atom stereocenters. The molecule has 2 aromatic rings. The van der Waals surface area contributed by atoms with Gasteiger partial charge in [-0.25, -0.2) is 4.98 Å². The minimum absolute atomic E-state index is 0.0295. The van der Waals surface area contributed by atoms with E-state index >= 15 is 0 Å². The largest absolute Gasteiger partial charge is 0.290 e. The van der Waals surface area contributed by atoms with E-state index < -0.39 is 0 Å². The van der Waals surface area contributed by atoms with Crippen LogP contribution in [0.5, 0.6) is 0 Å². The third-order valence-corrected chi connectivity index (χ3v) is 3.94. The Morgan fingerprint density at radius 2 is 2.06 bits per heavy atom. The van der Waals surface area contributed by atoms with Crippen LogP contribution in [0.3, 0.4) is 0 Å². The van der Waals surface area contributed by atoms with Gasteiger partial charge in [-0.3, -0.25) is 9.36 Å². The lowest BCUT2D eigenvalue weighted by Crippen LogP contribution is -2.20. The molecule has 1 aromatic carbocycles. The third-order valence-electron chi connectivity index (χ3n) is 2.49. The van der Waals surface area contributed by atoms with Crippen LogP contribution in [0, 0.1) is 5.92 Å². The summed E-state index contributed by atoms with van der Waals surface area (Å²) in [6.45, 7) is 4.32. The molecule has 4 heteroatoms. The summed E-state index contributed by atoms with van der Waals surface area (Å²) in [5, 5.41) is 1.48. The second-order valence-corrected chi connectivity index (χ2v) is 5.47. The van der Waals surface area contributed by atoms with Gasteiger partial charge in [0.1, 0.15) is 0 Å². The Balaban J connectivity index is 2.50. The molecular formula is C13H16N2OS. The molecule has 0 atom stereocenters. The van der Waals surface area contributed by atoms with Crippen LogP contribution in [0.1, 0.15) is 13.8 Å². The number of fused-ring (bicyclic) bond motifs is 1. The van der Waals surface area contributed by atoms with Crippen LogP contribution < -0.4 is 5.56 Å². The first-order valence-electron chi connectivity index (χ1n) is 5.68. The standard InChI is InChI=1S/C13H16N2OS/c1-9(2)8-17-13-14-11-7-5-4-6-10(11)12(16)15(13)3/h4-7,9H,8H2,1-3H3. The molecule has 3 nitrogen and oxygen atoms in total. The maximum absolute atomic E-state index is 12.1. The molecule has 17 heavy (non-hydrogen) atoms. The molecule has 0 aliphatic rings. The zero-order valence-electron chi connectivity index (χ0n) is 10.3. The summed E-state index contributed by atoms with van der Waals surface area (Å²) in [4.78, 5) is 16.6. The molecule has 2 rings (SSSR count). The summed E-state index contributed by atoms with van der Waals surface area (Å²) in [6, 6.07) is 7.48. The van der Waals surface area contributed by atoms with E-state index in [1.165, 1.54) is 0 Å². The average molecular weight is 248 g/mol. The first-order chi connectivity index (χ1) is 8.09. The van der Waals surface area contributed by atoms with Crippen LogP contribution in [-0.4, -0.2) is 15.3 Å². The predicted molar refractivity (Wildman–Crippen MR) is 72.5 cm³/mol. The van der Waals surface area contributed by atoms with E-state index in [9.17, 15) is 4.79 Å². The average Bonchev–Trinajstić information content (AvgIpc) is 2.32. The van der Waals surface area contributed by atoms with Gasteiger partial charge in [-0.15, -0.1) is 0 Å². The summed E-state index contributed by atoms with van der Waals surface area (Å²) in [5.74, 6) is 1.56. The Hall–Kier alpha value is -1.29. The summed E-state index contributed by atoms with van der Waals surface area (Å²) in [6.07, 6.45) is 0. The smallest absolute Gasteiger partial charge is 0.261 e. The van der Waals surface area contributed by atoms with Gasteiger partial charge in [-0.05, 0) is 18.1 Å². The van der Waals surface area contributed by atoms with Crippen molar-refractivity contribution >= 4 is 22.7 Å². The summed E-state index contributed by atoms with van der Waals surface area (Å²) >= 11 is 1.64. The molecule has 0 amide bonds. The molecule has 0 fully saturated rings. The first kappa shape index (κ1) is 12.2. The van der Waals surface area contributed by atoms with E-state index in [-0.39, 0.29) is 5.56 Å². The van der Waals surface area contributed by atoms with Gasteiger partial charge in [-0.2, -0.15) is 0 Å². The van der Waals surface area contributed by atoms with E-state index in [0.717, 1.165) is 16.4 Å². The Bertz CT molecular complexity index is 589. The Kier molecular flexibility index (Phi) is 3.52. The summed E-state index contributed by atoms with van der Waals surface area (Å²) in [7, 11) is 1.78. The van der Waals surface area contributed by atoms with Crippen LogP contribution >= 0.6 is 11.8 Å². The Morgan fingerprint density at radius 1 is 1.35 bits per heavy atom. The van der Waals surface area contributed by atoms with E-state index in [1.807, 2.05) is 24.3 Å². The zero-order chi connectivity index (χ0) is 12.4. The highest BCUT2D eigenvalue weighted by atomic mass is 32.2. The van der Waals surface area contributed by atoms with Crippen LogP contribution in [0.25, 0.3) is 10.9 Å². The van der Waals surface area contributed by atoms with Crippen LogP contribution in [0.15, 0.2) is 34.2 Å². The lowest BCUT2D eigenvalue weighted by molar-refractivity contribution is 0.712. The van der Waals surface area contributed by atoms with Crippen LogP contribution in [-0.2, 0) is 7.05 Å². The topological polar surface area (TPSA) is 34.9 Å². The van der Waals surface area contributed by atoms with E-state index in [0.29, 0.717) is 11.3 Å². The van der Waals surface area contributed by atoms with Gasteiger partial charge >= 0.3 is 0 Å². The van der Waals surface area contributed by atoms with Crippen molar-refractivity contribution in [3.05, 3.63) is 34.6 Å². The van der Waals surface area contributed by atoms with Gasteiger partial charge < -0.3 is 0 Å². The van der Waals surface area contributed by atoms with Crippen molar-refractivity contribution < 1.29 is 0 Å². The Labute approximate surface area is 105 Å². The molecule has 0 bridgehead atoms. The second-order valence-electron chi connectivity index (χ2n) is 4.48. The predicted octanol–water partition coefficient (Wildman–Crippen LogP) is 2.68. The normalized spacial score (nSPS) is 11.3. The van der Waals surface area contributed by atoms with Crippen molar-refractivity contribution in [2.75, 3.05) is 5.75 Å². The fraction of sp³-hybridized carbons (Fsp3) is 0.385. The molecule has 1 aromatic heterocycles. The highest BCUT2D eigenvalue weighted by Crippen LogP contribution is 2.19. The SMILES string of the molecule is CC(C)CSc1nc2ccccc2c(=O)n1C.